The molecule has 0 spiro atoms. The maximum atomic E-state index is 13.0. The Morgan fingerprint density at radius 2 is 1.58 bits per heavy atom. The molecule has 182 valence electrons. The second kappa shape index (κ2) is 13.9. The fourth-order valence-electron chi connectivity index (χ4n) is 3.08. The van der Waals surface area contributed by atoms with Crippen LogP contribution < -0.4 is 0 Å². The molecule has 1 N–H and O–H groups in total. The quantitative estimate of drug-likeness (QED) is 0.208. The number of ether oxygens (including phenoxy) is 1. The van der Waals surface area contributed by atoms with Crippen LogP contribution in [0.15, 0.2) is 12.2 Å². The van der Waals surface area contributed by atoms with E-state index in [0.29, 0.717) is 13.0 Å². The van der Waals surface area contributed by atoms with E-state index in [1.165, 1.54) is 0 Å². The molecule has 0 aromatic rings. The van der Waals surface area contributed by atoms with Crippen molar-refractivity contribution >= 4 is 21.1 Å². The first-order valence-corrected chi connectivity index (χ1v) is 14.4. The van der Waals surface area contributed by atoms with Crippen LogP contribution in [-0.2, 0) is 14.0 Å². The lowest BCUT2D eigenvalue weighted by molar-refractivity contribution is -0.137. The van der Waals surface area contributed by atoms with Crippen LogP contribution in [0.5, 0.6) is 0 Å². The summed E-state index contributed by atoms with van der Waals surface area (Å²) in [6.07, 6.45) is 8.24. The number of nitrogens with zero attached hydrogens (tertiary/aromatic N) is 1. The molecule has 0 heterocycles. The normalized spacial score (nSPS) is 14.6. The summed E-state index contributed by atoms with van der Waals surface area (Å²) in [6, 6.07) is 0.0394. The van der Waals surface area contributed by atoms with E-state index in [-0.39, 0.29) is 30.1 Å². The third kappa shape index (κ3) is 15.2. The third-order valence-corrected chi connectivity index (χ3v) is 5.72. The number of carboxylic acids is 1. The van der Waals surface area contributed by atoms with E-state index >= 15 is 0 Å². The van der Waals surface area contributed by atoms with E-state index in [1.54, 1.807) is 0 Å². The van der Waals surface area contributed by atoms with E-state index < -0.39 is 20.6 Å². The maximum Gasteiger partial charge on any atom is 0.410 e. The fourth-order valence-corrected chi connectivity index (χ4v) is 4.23. The highest BCUT2D eigenvalue weighted by molar-refractivity contribution is 6.48. The van der Waals surface area contributed by atoms with Gasteiger partial charge in [-0.2, -0.15) is 0 Å². The third-order valence-electron chi connectivity index (χ3n) is 4.85. The lowest BCUT2D eigenvalue weighted by Crippen LogP contribution is -2.50. The van der Waals surface area contributed by atoms with E-state index in [9.17, 15) is 9.59 Å². The van der Waals surface area contributed by atoms with Crippen molar-refractivity contribution in [2.75, 3.05) is 6.54 Å². The standard InChI is InChI=1S/C24H47NO5Si/c1-19(16-14-12-10-11-13-15-17-21(26)27)25(22(28)29-24(5,6)7)18-20(23(2,3)4)30-31(8)9/h10-11,19-20,31H,12-18H2,1-9H3,(H,26,27). The van der Waals surface area contributed by atoms with Crippen LogP contribution in [0.25, 0.3) is 0 Å². The SMILES string of the molecule is CC(CCCC=CCCCC(=O)O)N(CC(O[SiH](C)C)C(C)(C)C)C(=O)OC(C)(C)C. The molecule has 2 unspecified atom stereocenters. The van der Waals surface area contributed by atoms with Crippen LogP contribution in [-0.4, -0.2) is 55.4 Å². The van der Waals surface area contributed by atoms with Gasteiger partial charge in [0.15, 0.2) is 9.04 Å². The summed E-state index contributed by atoms with van der Waals surface area (Å²) < 4.78 is 12.0. The first-order chi connectivity index (χ1) is 14.1. The van der Waals surface area contributed by atoms with Crippen molar-refractivity contribution in [2.24, 2.45) is 5.41 Å². The number of carbonyl (C=O) groups excluding carboxylic acids is 1. The Morgan fingerprint density at radius 1 is 1.03 bits per heavy atom. The minimum Gasteiger partial charge on any atom is -0.481 e. The smallest absolute Gasteiger partial charge is 0.410 e. The molecule has 0 aliphatic rings. The second-order valence-electron chi connectivity index (χ2n) is 10.7. The minimum atomic E-state index is -1.26. The van der Waals surface area contributed by atoms with Crippen molar-refractivity contribution in [3.8, 4) is 0 Å². The fraction of sp³-hybridized carbons (Fsp3) is 0.833. The van der Waals surface area contributed by atoms with Crippen LogP contribution in [0.1, 0.15) is 87.0 Å². The average Bonchev–Trinajstić information content (AvgIpc) is 2.57. The van der Waals surface area contributed by atoms with Crippen molar-refractivity contribution in [1.82, 2.24) is 4.90 Å². The summed E-state index contributed by atoms with van der Waals surface area (Å²) in [5.74, 6) is -0.748. The van der Waals surface area contributed by atoms with E-state index in [0.717, 1.165) is 25.7 Å². The Hall–Kier alpha value is -1.34. The van der Waals surface area contributed by atoms with Gasteiger partial charge in [0.25, 0.3) is 0 Å². The van der Waals surface area contributed by atoms with Crippen molar-refractivity contribution in [1.29, 1.82) is 0 Å². The summed E-state index contributed by atoms with van der Waals surface area (Å²) in [5.41, 5.74) is -0.616. The lowest BCUT2D eigenvalue weighted by Gasteiger charge is -2.39. The molecule has 0 radical (unpaired) electrons. The summed E-state index contributed by atoms with van der Waals surface area (Å²) in [4.78, 5) is 25.4. The average molecular weight is 458 g/mol. The molecular formula is C24H47NO5Si. The molecule has 0 fully saturated rings. The molecule has 7 heteroatoms. The number of hydrogen-bond acceptors (Lipinski definition) is 4. The number of allylic oxidation sites excluding steroid dienone is 2. The zero-order valence-corrected chi connectivity index (χ0v) is 22.5. The zero-order valence-electron chi connectivity index (χ0n) is 21.4. The van der Waals surface area contributed by atoms with Gasteiger partial charge in [-0.25, -0.2) is 4.79 Å². The molecule has 0 aliphatic heterocycles. The number of unbranched alkanes of at least 4 members (excludes halogenated alkanes) is 2. The molecule has 2 atom stereocenters. The minimum absolute atomic E-state index is 0.0386. The lowest BCUT2D eigenvalue weighted by atomic mass is 9.88. The maximum absolute atomic E-state index is 13.0. The van der Waals surface area contributed by atoms with Crippen molar-refractivity contribution in [2.45, 2.75) is 118 Å². The molecule has 0 rings (SSSR count). The molecular weight excluding hydrogens is 410 g/mol. The highest BCUT2D eigenvalue weighted by Crippen LogP contribution is 2.26. The Bertz CT molecular complexity index is 563. The molecule has 0 aromatic carbocycles. The Morgan fingerprint density at radius 3 is 2.03 bits per heavy atom. The highest BCUT2D eigenvalue weighted by Gasteiger charge is 2.33. The van der Waals surface area contributed by atoms with E-state index in [4.69, 9.17) is 14.3 Å². The molecule has 0 saturated heterocycles. The number of rotatable bonds is 13. The predicted octanol–water partition coefficient (Wildman–Crippen LogP) is 6.01. The number of amides is 1. The molecule has 6 nitrogen and oxygen atoms in total. The van der Waals surface area contributed by atoms with Gasteiger partial charge in [-0.15, -0.1) is 0 Å². The van der Waals surface area contributed by atoms with Crippen molar-refractivity contribution in [3.63, 3.8) is 0 Å². The number of carboxylic acid groups (broad SMARTS) is 1. The van der Waals surface area contributed by atoms with Crippen LogP contribution in [0.3, 0.4) is 0 Å². The van der Waals surface area contributed by atoms with Crippen LogP contribution >= 0.6 is 0 Å². The van der Waals surface area contributed by atoms with Crippen LogP contribution in [0.2, 0.25) is 13.1 Å². The molecule has 0 aromatic heterocycles. The van der Waals surface area contributed by atoms with Crippen molar-refractivity contribution < 1.29 is 23.9 Å². The first kappa shape index (κ1) is 29.7. The topological polar surface area (TPSA) is 76.1 Å². The highest BCUT2D eigenvalue weighted by atomic mass is 28.3. The summed E-state index contributed by atoms with van der Waals surface area (Å²) >= 11 is 0. The number of hydrogen-bond donors (Lipinski definition) is 1. The Kier molecular flexibility index (Phi) is 13.3. The monoisotopic (exact) mass is 457 g/mol. The van der Waals surface area contributed by atoms with Gasteiger partial charge in [0.2, 0.25) is 0 Å². The van der Waals surface area contributed by atoms with Gasteiger partial charge in [-0.3, -0.25) is 4.79 Å². The number of aliphatic carboxylic acids is 1. The van der Waals surface area contributed by atoms with E-state index in [2.05, 4.69) is 52.9 Å². The molecule has 0 bridgehead atoms. The predicted molar refractivity (Wildman–Crippen MR) is 130 cm³/mol. The zero-order chi connectivity index (χ0) is 24.2. The largest absolute Gasteiger partial charge is 0.481 e. The van der Waals surface area contributed by atoms with E-state index in [1.807, 2.05) is 25.7 Å². The molecule has 1 amide bonds. The number of carbonyl (C=O) groups is 2. The summed E-state index contributed by atoms with van der Waals surface area (Å²) in [7, 11) is -1.26. The summed E-state index contributed by atoms with van der Waals surface area (Å²) in [6.45, 7) is 19.0. The van der Waals surface area contributed by atoms with Crippen LogP contribution in [0, 0.1) is 5.41 Å². The van der Waals surface area contributed by atoms with Gasteiger partial charge >= 0.3 is 12.1 Å². The van der Waals surface area contributed by atoms with Crippen LogP contribution in [0.4, 0.5) is 4.79 Å². The van der Waals surface area contributed by atoms with Gasteiger partial charge in [0.1, 0.15) is 5.60 Å². The van der Waals surface area contributed by atoms with Gasteiger partial charge in [0.05, 0.1) is 6.10 Å². The van der Waals surface area contributed by atoms with Gasteiger partial charge in [0, 0.05) is 19.0 Å². The van der Waals surface area contributed by atoms with Gasteiger partial charge < -0.3 is 19.2 Å². The summed E-state index contributed by atoms with van der Waals surface area (Å²) in [5, 5.41) is 8.67. The van der Waals surface area contributed by atoms with Gasteiger partial charge in [-0.1, -0.05) is 32.9 Å². The Labute approximate surface area is 192 Å². The molecule has 0 aliphatic carbocycles. The molecule has 0 saturated carbocycles. The van der Waals surface area contributed by atoms with Gasteiger partial charge in [-0.05, 0) is 78.3 Å². The Balaban J connectivity index is 5.01. The second-order valence-corrected chi connectivity index (χ2v) is 13.1. The first-order valence-electron chi connectivity index (χ1n) is 11.7. The molecule has 31 heavy (non-hydrogen) atoms. The van der Waals surface area contributed by atoms with Crippen molar-refractivity contribution in [3.05, 3.63) is 12.2 Å².